The molecule has 0 bridgehead atoms. The van der Waals surface area contributed by atoms with Gasteiger partial charge in [-0.2, -0.15) is 0 Å². The molecule has 0 radical (unpaired) electrons. The smallest absolute Gasteiger partial charge is 0.156 e. The van der Waals surface area contributed by atoms with Gasteiger partial charge in [0.25, 0.3) is 0 Å². The zero-order valence-electron chi connectivity index (χ0n) is 13.3. The molecule has 0 heterocycles. The highest BCUT2D eigenvalue weighted by Crippen LogP contribution is 2.32. The number of halogens is 2. The molecule has 3 nitrogen and oxygen atoms in total. The van der Waals surface area contributed by atoms with Gasteiger partial charge in [0.05, 0.1) is 10.0 Å². The van der Waals surface area contributed by atoms with Crippen LogP contribution < -0.4 is 10.1 Å². The standard InChI is InChI=1S/C19H21Cl2NO2/c20-16-8-4-9-17(21)19(16)24-12-14(23)11-22-18-10-3-6-13-5-1-2-7-15(13)18/h1-2,4-5,7-9,14,18,22-23H,3,6,10-12H2/t14-,18+/m1/s1. The normalized spacial score (nSPS) is 18.0. The van der Waals surface area contributed by atoms with Gasteiger partial charge in [-0.3, -0.25) is 0 Å². The lowest BCUT2D eigenvalue weighted by atomic mass is 9.88. The fourth-order valence-corrected chi connectivity index (χ4v) is 3.61. The van der Waals surface area contributed by atoms with Crippen molar-refractivity contribution < 1.29 is 9.84 Å². The molecule has 2 aromatic carbocycles. The first-order valence-corrected chi connectivity index (χ1v) is 8.97. The molecule has 0 unspecified atom stereocenters. The second-order valence-electron chi connectivity index (χ2n) is 6.07. The van der Waals surface area contributed by atoms with Crippen molar-refractivity contribution in [2.45, 2.75) is 31.4 Å². The van der Waals surface area contributed by atoms with Crippen LogP contribution in [0.4, 0.5) is 0 Å². The fraction of sp³-hybridized carbons (Fsp3) is 0.368. The van der Waals surface area contributed by atoms with Crippen molar-refractivity contribution in [2.24, 2.45) is 0 Å². The van der Waals surface area contributed by atoms with Gasteiger partial charge in [-0.1, -0.05) is 53.5 Å². The van der Waals surface area contributed by atoms with Crippen LogP contribution in [0.2, 0.25) is 10.0 Å². The molecule has 5 heteroatoms. The van der Waals surface area contributed by atoms with E-state index in [1.165, 1.54) is 11.1 Å². The average molecular weight is 366 g/mol. The Kier molecular flexibility index (Phi) is 6.01. The first-order chi connectivity index (χ1) is 11.6. The van der Waals surface area contributed by atoms with Crippen molar-refractivity contribution >= 4 is 23.2 Å². The van der Waals surface area contributed by atoms with Crippen molar-refractivity contribution in [1.82, 2.24) is 5.32 Å². The van der Waals surface area contributed by atoms with Crippen LogP contribution in [-0.4, -0.2) is 24.4 Å². The van der Waals surface area contributed by atoms with E-state index in [2.05, 4.69) is 29.6 Å². The lowest BCUT2D eigenvalue weighted by Gasteiger charge is -2.27. The minimum absolute atomic E-state index is 0.144. The predicted octanol–water partition coefficient (Wildman–Crippen LogP) is 4.40. The van der Waals surface area contributed by atoms with E-state index in [4.69, 9.17) is 27.9 Å². The summed E-state index contributed by atoms with van der Waals surface area (Å²) in [6.45, 7) is 0.603. The first kappa shape index (κ1) is 17.6. The largest absolute Gasteiger partial charge is 0.488 e. The Morgan fingerprint density at radius 1 is 1.12 bits per heavy atom. The molecule has 0 spiro atoms. The van der Waals surface area contributed by atoms with Crippen LogP contribution >= 0.6 is 23.2 Å². The summed E-state index contributed by atoms with van der Waals surface area (Å²) in [5.74, 6) is 0.419. The van der Waals surface area contributed by atoms with Crippen molar-refractivity contribution in [1.29, 1.82) is 0 Å². The Balaban J connectivity index is 1.52. The number of aliphatic hydroxyl groups excluding tert-OH is 1. The van der Waals surface area contributed by atoms with Crippen molar-refractivity contribution in [2.75, 3.05) is 13.2 Å². The third kappa shape index (κ3) is 4.22. The second-order valence-corrected chi connectivity index (χ2v) is 6.88. The monoisotopic (exact) mass is 365 g/mol. The number of hydrogen-bond donors (Lipinski definition) is 2. The summed E-state index contributed by atoms with van der Waals surface area (Å²) < 4.78 is 5.58. The first-order valence-electron chi connectivity index (χ1n) is 8.21. The molecule has 2 atom stereocenters. The van der Waals surface area contributed by atoms with Crippen LogP contribution in [0, 0.1) is 0 Å². The summed E-state index contributed by atoms with van der Waals surface area (Å²) in [6, 6.07) is 14.0. The second kappa shape index (κ2) is 8.21. The van der Waals surface area contributed by atoms with Gasteiger partial charge in [0.15, 0.2) is 5.75 Å². The van der Waals surface area contributed by atoms with Gasteiger partial charge in [-0.05, 0) is 42.5 Å². The van der Waals surface area contributed by atoms with Gasteiger partial charge in [-0.25, -0.2) is 0 Å². The minimum atomic E-state index is -0.633. The molecule has 1 aliphatic rings. The van der Waals surface area contributed by atoms with Crippen molar-refractivity contribution in [3.8, 4) is 5.75 Å². The SMILES string of the molecule is O[C@H](CN[C@H]1CCCc2ccccc21)COc1c(Cl)cccc1Cl. The van der Waals surface area contributed by atoms with Crippen LogP contribution in [0.1, 0.15) is 30.0 Å². The fourth-order valence-electron chi connectivity index (χ4n) is 3.10. The van der Waals surface area contributed by atoms with E-state index in [9.17, 15) is 5.11 Å². The molecule has 2 aromatic rings. The maximum absolute atomic E-state index is 10.2. The van der Waals surface area contributed by atoms with Gasteiger partial charge >= 0.3 is 0 Å². The lowest BCUT2D eigenvalue weighted by molar-refractivity contribution is 0.103. The molecular weight excluding hydrogens is 345 g/mol. The van der Waals surface area contributed by atoms with E-state index >= 15 is 0 Å². The Labute approximate surface area is 152 Å². The molecule has 0 aliphatic heterocycles. The number of aryl methyl sites for hydroxylation is 1. The Bertz CT molecular complexity index is 673. The Hall–Kier alpha value is -1.26. The lowest BCUT2D eigenvalue weighted by Crippen LogP contribution is -2.35. The highest BCUT2D eigenvalue weighted by molar-refractivity contribution is 6.37. The minimum Gasteiger partial charge on any atom is -0.488 e. The van der Waals surface area contributed by atoms with Crippen LogP contribution in [0.5, 0.6) is 5.75 Å². The number of aliphatic hydroxyl groups is 1. The zero-order valence-corrected chi connectivity index (χ0v) is 14.9. The van der Waals surface area contributed by atoms with E-state index in [1.807, 2.05) is 0 Å². The third-order valence-corrected chi connectivity index (χ3v) is 4.90. The molecule has 0 fully saturated rings. The number of benzene rings is 2. The number of nitrogens with one attached hydrogen (secondary N) is 1. The zero-order chi connectivity index (χ0) is 16.9. The number of para-hydroxylation sites is 1. The number of rotatable bonds is 6. The molecule has 0 saturated carbocycles. The Morgan fingerprint density at radius 2 is 1.88 bits per heavy atom. The maximum atomic E-state index is 10.2. The highest BCUT2D eigenvalue weighted by atomic mass is 35.5. The molecule has 0 aromatic heterocycles. The number of ether oxygens (including phenoxy) is 1. The summed E-state index contributed by atoms with van der Waals surface area (Å²) in [6.07, 6.45) is 2.74. The topological polar surface area (TPSA) is 41.5 Å². The van der Waals surface area contributed by atoms with E-state index in [-0.39, 0.29) is 12.6 Å². The van der Waals surface area contributed by atoms with Crippen LogP contribution in [0.15, 0.2) is 42.5 Å². The Morgan fingerprint density at radius 3 is 2.67 bits per heavy atom. The van der Waals surface area contributed by atoms with E-state index in [0.717, 1.165) is 19.3 Å². The van der Waals surface area contributed by atoms with Crippen LogP contribution in [0.25, 0.3) is 0 Å². The summed E-state index contributed by atoms with van der Waals surface area (Å²) in [7, 11) is 0. The quantitative estimate of drug-likeness (QED) is 0.796. The van der Waals surface area contributed by atoms with E-state index < -0.39 is 6.10 Å². The molecule has 24 heavy (non-hydrogen) atoms. The molecule has 1 aliphatic carbocycles. The molecule has 3 rings (SSSR count). The molecular formula is C19H21Cl2NO2. The summed E-state index contributed by atoms with van der Waals surface area (Å²) >= 11 is 12.1. The van der Waals surface area contributed by atoms with E-state index in [1.54, 1.807) is 18.2 Å². The molecule has 0 saturated heterocycles. The van der Waals surface area contributed by atoms with Crippen LogP contribution in [0.3, 0.4) is 0 Å². The number of fused-ring (bicyclic) bond motifs is 1. The van der Waals surface area contributed by atoms with Gasteiger partial charge in [0.1, 0.15) is 12.7 Å². The summed E-state index contributed by atoms with van der Waals surface area (Å²) in [5, 5.41) is 14.5. The third-order valence-electron chi connectivity index (χ3n) is 4.31. The van der Waals surface area contributed by atoms with Gasteiger partial charge in [0.2, 0.25) is 0 Å². The maximum Gasteiger partial charge on any atom is 0.156 e. The molecule has 128 valence electrons. The highest BCUT2D eigenvalue weighted by Gasteiger charge is 2.20. The molecule has 2 N–H and O–H groups in total. The summed E-state index contributed by atoms with van der Waals surface area (Å²) in [4.78, 5) is 0. The van der Waals surface area contributed by atoms with Gasteiger partial charge in [0, 0.05) is 12.6 Å². The average Bonchev–Trinajstić information content (AvgIpc) is 2.59. The van der Waals surface area contributed by atoms with Crippen molar-refractivity contribution in [3.05, 3.63) is 63.6 Å². The number of hydrogen-bond acceptors (Lipinski definition) is 3. The van der Waals surface area contributed by atoms with E-state index in [0.29, 0.717) is 22.3 Å². The van der Waals surface area contributed by atoms with Crippen molar-refractivity contribution in [3.63, 3.8) is 0 Å². The van der Waals surface area contributed by atoms with Crippen LogP contribution in [-0.2, 0) is 6.42 Å². The molecule has 0 amide bonds. The van der Waals surface area contributed by atoms with Gasteiger partial charge in [-0.15, -0.1) is 0 Å². The van der Waals surface area contributed by atoms with Gasteiger partial charge < -0.3 is 15.2 Å². The predicted molar refractivity (Wildman–Crippen MR) is 98.1 cm³/mol. The summed E-state index contributed by atoms with van der Waals surface area (Å²) in [5.41, 5.74) is 2.74.